The van der Waals surface area contributed by atoms with Gasteiger partial charge in [-0.3, -0.25) is 4.79 Å². The fourth-order valence-electron chi connectivity index (χ4n) is 3.37. The van der Waals surface area contributed by atoms with Gasteiger partial charge in [0.15, 0.2) is 5.84 Å². The van der Waals surface area contributed by atoms with Crippen molar-refractivity contribution in [2.75, 3.05) is 5.01 Å². The average molecular weight is 399 g/mol. The topological polar surface area (TPSA) is 125 Å². The summed E-state index contributed by atoms with van der Waals surface area (Å²) in [7, 11) is 0. The van der Waals surface area contributed by atoms with Gasteiger partial charge in [-0.25, -0.2) is 4.79 Å². The number of carboxylic acid groups (broad SMARTS) is 1. The zero-order chi connectivity index (χ0) is 21.4. The van der Waals surface area contributed by atoms with E-state index in [1.54, 1.807) is 13.0 Å². The lowest BCUT2D eigenvalue weighted by Crippen LogP contribution is -2.22. The average Bonchev–Trinajstić information content (AvgIpc) is 3.26. The van der Waals surface area contributed by atoms with Crippen molar-refractivity contribution >= 4 is 40.4 Å². The number of aromatic carboxylic acids is 1. The summed E-state index contributed by atoms with van der Waals surface area (Å²) in [6, 6.07) is 15.2. The van der Waals surface area contributed by atoms with E-state index in [4.69, 9.17) is 10.8 Å². The predicted molar refractivity (Wildman–Crippen MR) is 113 cm³/mol. The summed E-state index contributed by atoms with van der Waals surface area (Å²) in [5, 5.41) is 24.5. The standard InChI is InChI=1S/C22H17N5O3/c1-13(11-23)26-12-15(17-4-2-3-5-19(17)26)10-18-20(24)25-27(21(18)28)16-8-6-14(7-9-16)22(29)30/h2-10,12-13H,1H3,(H2,24,25)(H,29,30). The van der Waals surface area contributed by atoms with E-state index in [1.165, 1.54) is 24.3 Å². The van der Waals surface area contributed by atoms with Crippen LogP contribution in [0, 0.1) is 11.3 Å². The second-order valence-electron chi connectivity index (χ2n) is 6.83. The number of rotatable bonds is 4. The molecule has 3 aromatic rings. The smallest absolute Gasteiger partial charge is 0.335 e. The number of para-hydroxylation sites is 1. The number of fused-ring (bicyclic) bond motifs is 1. The summed E-state index contributed by atoms with van der Waals surface area (Å²) in [6.07, 6.45) is 3.48. The summed E-state index contributed by atoms with van der Waals surface area (Å²) >= 11 is 0. The van der Waals surface area contributed by atoms with Gasteiger partial charge in [0.1, 0.15) is 6.04 Å². The molecule has 2 heterocycles. The number of hydrogen-bond donors (Lipinski definition) is 2. The van der Waals surface area contributed by atoms with Crippen LogP contribution in [-0.4, -0.2) is 27.4 Å². The number of nitrogens with zero attached hydrogens (tertiary/aromatic N) is 4. The van der Waals surface area contributed by atoms with Gasteiger partial charge < -0.3 is 15.4 Å². The summed E-state index contributed by atoms with van der Waals surface area (Å²) < 4.78 is 1.84. The van der Waals surface area contributed by atoms with Crippen LogP contribution in [0.4, 0.5) is 5.69 Å². The molecule has 1 amide bonds. The Hall–Kier alpha value is -4.38. The van der Waals surface area contributed by atoms with Crippen molar-refractivity contribution in [2.24, 2.45) is 10.8 Å². The number of amidine groups is 1. The second kappa shape index (κ2) is 7.22. The molecule has 1 unspecified atom stereocenters. The SMILES string of the molecule is CC(C#N)n1cc(C=C2C(=O)N(c3ccc(C(=O)O)cc3)N=C2N)c2ccccc21. The van der Waals surface area contributed by atoms with E-state index in [0.29, 0.717) is 5.69 Å². The molecule has 0 spiro atoms. The third-order valence-corrected chi connectivity index (χ3v) is 4.94. The van der Waals surface area contributed by atoms with Crippen LogP contribution in [0.1, 0.15) is 28.9 Å². The molecule has 1 aromatic heterocycles. The number of anilines is 1. The number of carbonyl (C=O) groups is 2. The minimum absolute atomic E-state index is 0.0625. The Balaban J connectivity index is 1.74. The van der Waals surface area contributed by atoms with Gasteiger partial charge in [-0.1, -0.05) is 18.2 Å². The summed E-state index contributed by atoms with van der Waals surface area (Å²) in [5.74, 6) is -1.41. The van der Waals surface area contributed by atoms with Crippen molar-refractivity contribution in [3.63, 3.8) is 0 Å². The normalized spacial score (nSPS) is 16.0. The van der Waals surface area contributed by atoms with Crippen LogP contribution < -0.4 is 10.7 Å². The van der Waals surface area contributed by atoms with Gasteiger partial charge in [-0.05, 0) is 43.3 Å². The maximum Gasteiger partial charge on any atom is 0.335 e. The van der Waals surface area contributed by atoms with Gasteiger partial charge in [-0.2, -0.15) is 10.3 Å². The number of aromatic nitrogens is 1. The van der Waals surface area contributed by atoms with E-state index in [0.717, 1.165) is 21.5 Å². The van der Waals surface area contributed by atoms with Crippen LogP contribution in [0.2, 0.25) is 0 Å². The number of amides is 1. The van der Waals surface area contributed by atoms with Gasteiger partial charge in [0, 0.05) is 22.7 Å². The Labute approximate surface area is 171 Å². The molecule has 0 fully saturated rings. The Morgan fingerprint density at radius 2 is 1.93 bits per heavy atom. The van der Waals surface area contributed by atoms with Crippen LogP contribution in [0.15, 0.2) is 65.4 Å². The van der Waals surface area contributed by atoms with Crippen LogP contribution in [0.3, 0.4) is 0 Å². The zero-order valence-electron chi connectivity index (χ0n) is 16.0. The largest absolute Gasteiger partial charge is 0.478 e. The highest BCUT2D eigenvalue weighted by atomic mass is 16.4. The third-order valence-electron chi connectivity index (χ3n) is 4.94. The van der Waals surface area contributed by atoms with Crippen molar-refractivity contribution in [2.45, 2.75) is 13.0 Å². The quantitative estimate of drug-likeness (QED) is 0.652. The zero-order valence-corrected chi connectivity index (χ0v) is 16.0. The number of nitriles is 1. The molecule has 3 N–H and O–H groups in total. The molecule has 0 bridgehead atoms. The van der Waals surface area contributed by atoms with E-state index in [-0.39, 0.29) is 23.0 Å². The molecule has 0 saturated heterocycles. The van der Waals surface area contributed by atoms with E-state index in [1.807, 2.05) is 35.0 Å². The minimum atomic E-state index is -1.05. The van der Waals surface area contributed by atoms with Crippen LogP contribution in [0.5, 0.6) is 0 Å². The van der Waals surface area contributed by atoms with Gasteiger partial charge >= 0.3 is 5.97 Å². The van der Waals surface area contributed by atoms with Crippen molar-refractivity contribution in [3.8, 4) is 6.07 Å². The van der Waals surface area contributed by atoms with Crippen LogP contribution in [-0.2, 0) is 4.79 Å². The highest BCUT2D eigenvalue weighted by Gasteiger charge is 2.30. The molecular weight excluding hydrogens is 382 g/mol. The highest BCUT2D eigenvalue weighted by Crippen LogP contribution is 2.29. The Morgan fingerprint density at radius 1 is 1.23 bits per heavy atom. The van der Waals surface area contributed by atoms with E-state index in [2.05, 4.69) is 11.2 Å². The maximum absolute atomic E-state index is 13.0. The molecule has 1 aliphatic heterocycles. The molecule has 148 valence electrons. The molecule has 4 rings (SSSR count). The monoisotopic (exact) mass is 399 g/mol. The molecular formula is C22H17N5O3. The van der Waals surface area contributed by atoms with Gasteiger partial charge in [0.25, 0.3) is 5.91 Å². The molecule has 1 aliphatic rings. The van der Waals surface area contributed by atoms with Gasteiger partial charge in [0.2, 0.25) is 0 Å². The molecule has 0 aliphatic carbocycles. The number of benzene rings is 2. The lowest BCUT2D eigenvalue weighted by atomic mass is 10.1. The van der Waals surface area contributed by atoms with Gasteiger partial charge in [-0.15, -0.1) is 5.10 Å². The lowest BCUT2D eigenvalue weighted by Gasteiger charge is -2.11. The van der Waals surface area contributed by atoms with E-state index >= 15 is 0 Å². The van der Waals surface area contributed by atoms with Crippen molar-refractivity contribution in [1.82, 2.24) is 4.57 Å². The molecule has 1 atom stereocenters. The Morgan fingerprint density at radius 3 is 2.60 bits per heavy atom. The highest BCUT2D eigenvalue weighted by molar-refractivity contribution is 6.32. The molecule has 8 nitrogen and oxygen atoms in total. The lowest BCUT2D eigenvalue weighted by molar-refractivity contribution is -0.114. The number of carbonyl (C=O) groups excluding carboxylic acids is 1. The maximum atomic E-state index is 13.0. The van der Waals surface area contributed by atoms with Crippen LogP contribution >= 0.6 is 0 Å². The first-order chi connectivity index (χ1) is 14.4. The summed E-state index contributed by atoms with van der Waals surface area (Å²) in [6.45, 7) is 1.79. The van der Waals surface area contributed by atoms with Crippen molar-refractivity contribution < 1.29 is 14.7 Å². The molecule has 0 radical (unpaired) electrons. The Bertz CT molecular complexity index is 1280. The molecule has 2 aromatic carbocycles. The fourth-order valence-corrected chi connectivity index (χ4v) is 3.37. The predicted octanol–water partition coefficient (Wildman–Crippen LogP) is 3.13. The van der Waals surface area contributed by atoms with E-state index < -0.39 is 11.9 Å². The third kappa shape index (κ3) is 3.08. The molecule has 0 saturated carbocycles. The number of hydrazone groups is 1. The number of hydrogen-bond acceptors (Lipinski definition) is 5. The van der Waals surface area contributed by atoms with E-state index in [9.17, 15) is 14.9 Å². The van der Waals surface area contributed by atoms with Crippen molar-refractivity contribution in [3.05, 3.63) is 71.4 Å². The first-order valence-corrected chi connectivity index (χ1v) is 9.14. The van der Waals surface area contributed by atoms with Crippen molar-refractivity contribution in [1.29, 1.82) is 5.26 Å². The van der Waals surface area contributed by atoms with Gasteiger partial charge in [0.05, 0.1) is 22.9 Å². The first kappa shape index (κ1) is 19.0. The fraction of sp³-hybridized carbons (Fsp3) is 0.0909. The number of nitrogens with two attached hydrogens (primary N) is 1. The summed E-state index contributed by atoms with van der Waals surface area (Å²) in [4.78, 5) is 24.0. The molecule has 8 heteroatoms. The van der Waals surface area contributed by atoms with Crippen LogP contribution in [0.25, 0.3) is 17.0 Å². The minimum Gasteiger partial charge on any atom is -0.478 e. The molecule has 30 heavy (non-hydrogen) atoms. The number of carboxylic acids is 1. The summed E-state index contributed by atoms with van der Waals surface area (Å²) in [5.41, 5.74) is 8.40. The second-order valence-corrected chi connectivity index (χ2v) is 6.83. The Kier molecular flexibility index (Phi) is 4.56. The first-order valence-electron chi connectivity index (χ1n) is 9.14.